The van der Waals surface area contributed by atoms with Crippen molar-refractivity contribution in [2.45, 2.75) is 20.4 Å². The number of hydrogen-bond acceptors (Lipinski definition) is 4. The van der Waals surface area contributed by atoms with Gasteiger partial charge in [0.15, 0.2) is 5.02 Å². The van der Waals surface area contributed by atoms with Crippen LogP contribution in [0.15, 0.2) is 6.20 Å². The van der Waals surface area contributed by atoms with E-state index >= 15 is 0 Å². The van der Waals surface area contributed by atoms with E-state index in [4.69, 9.17) is 11.6 Å². The Kier molecular flexibility index (Phi) is 4.61. The lowest BCUT2D eigenvalue weighted by atomic mass is 9.98. The van der Waals surface area contributed by atoms with Crippen molar-refractivity contribution in [1.29, 1.82) is 0 Å². The molecule has 0 aliphatic rings. The van der Waals surface area contributed by atoms with E-state index in [9.17, 15) is 10.1 Å². The molecular formula is C9H14ClN3O2S. The van der Waals surface area contributed by atoms with E-state index in [2.05, 4.69) is 31.6 Å². The summed E-state index contributed by atoms with van der Waals surface area (Å²) in [6, 6.07) is 0. The molecule has 0 radical (unpaired) electrons. The zero-order valence-electron chi connectivity index (χ0n) is 9.13. The molecule has 1 atom stereocenters. The fraction of sp³-hybridized carbons (Fsp3) is 0.667. The van der Waals surface area contributed by atoms with Crippen molar-refractivity contribution in [1.82, 2.24) is 9.78 Å². The summed E-state index contributed by atoms with van der Waals surface area (Å²) in [5.74, 6) is 1.19. The third-order valence-electron chi connectivity index (χ3n) is 2.47. The molecule has 0 N–H and O–H groups in total. The standard InChI is InChI=1S/C9H14ClN3O2S/c1-6(2)7(5-16)3-12-4-8(10)9(11-12)13(14)15/h4,6-7,16H,3,5H2,1-2H3. The lowest BCUT2D eigenvalue weighted by molar-refractivity contribution is -0.389. The molecule has 0 fully saturated rings. The molecule has 0 saturated heterocycles. The molecule has 0 bridgehead atoms. The molecule has 7 heteroatoms. The summed E-state index contributed by atoms with van der Waals surface area (Å²) in [7, 11) is 0. The number of aromatic nitrogens is 2. The van der Waals surface area contributed by atoms with Crippen LogP contribution in [-0.2, 0) is 6.54 Å². The van der Waals surface area contributed by atoms with E-state index in [1.54, 1.807) is 0 Å². The highest BCUT2D eigenvalue weighted by atomic mass is 35.5. The minimum Gasteiger partial charge on any atom is -0.358 e. The third kappa shape index (κ3) is 3.12. The summed E-state index contributed by atoms with van der Waals surface area (Å²) in [6.45, 7) is 4.76. The first-order chi connectivity index (χ1) is 7.45. The smallest absolute Gasteiger partial charge is 0.358 e. The van der Waals surface area contributed by atoms with Crippen LogP contribution in [0.3, 0.4) is 0 Å². The van der Waals surface area contributed by atoms with Crippen LogP contribution in [0.1, 0.15) is 13.8 Å². The molecule has 0 aliphatic heterocycles. The van der Waals surface area contributed by atoms with Crippen LogP contribution in [0.25, 0.3) is 0 Å². The van der Waals surface area contributed by atoms with Gasteiger partial charge in [-0.3, -0.25) is 0 Å². The van der Waals surface area contributed by atoms with Gasteiger partial charge in [-0.25, -0.2) is 0 Å². The van der Waals surface area contributed by atoms with Gasteiger partial charge in [-0.1, -0.05) is 25.4 Å². The number of nitrogens with zero attached hydrogens (tertiary/aromatic N) is 3. The van der Waals surface area contributed by atoms with Gasteiger partial charge < -0.3 is 10.1 Å². The fourth-order valence-corrected chi connectivity index (χ4v) is 2.08. The van der Waals surface area contributed by atoms with E-state index < -0.39 is 4.92 Å². The predicted molar refractivity (Wildman–Crippen MR) is 66.1 cm³/mol. The Morgan fingerprint density at radius 2 is 2.31 bits per heavy atom. The number of thiol groups is 1. The van der Waals surface area contributed by atoms with E-state index in [1.165, 1.54) is 10.9 Å². The summed E-state index contributed by atoms with van der Waals surface area (Å²) in [6.07, 6.45) is 1.48. The molecule has 0 amide bonds. The molecule has 1 aromatic heterocycles. The highest BCUT2D eigenvalue weighted by molar-refractivity contribution is 7.80. The van der Waals surface area contributed by atoms with E-state index in [0.29, 0.717) is 24.1 Å². The first-order valence-electron chi connectivity index (χ1n) is 4.94. The minimum atomic E-state index is -0.579. The van der Waals surface area contributed by atoms with Crippen LogP contribution in [0.5, 0.6) is 0 Å². The lowest BCUT2D eigenvalue weighted by Gasteiger charge is -2.16. The SMILES string of the molecule is CC(C)C(CS)Cn1cc(Cl)c([N+](=O)[O-])n1. The van der Waals surface area contributed by atoms with E-state index in [-0.39, 0.29) is 10.8 Å². The molecule has 0 aliphatic carbocycles. The molecule has 1 unspecified atom stereocenters. The van der Waals surface area contributed by atoms with Crippen molar-refractivity contribution in [3.8, 4) is 0 Å². The van der Waals surface area contributed by atoms with Gasteiger partial charge in [-0.2, -0.15) is 17.3 Å². The van der Waals surface area contributed by atoms with Gasteiger partial charge in [-0.15, -0.1) is 0 Å². The van der Waals surface area contributed by atoms with Crippen LogP contribution in [-0.4, -0.2) is 20.5 Å². The Balaban J connectivity index is 2.82. The molecule has 16 heavy (non-hydrogen) atoms. The summed E-state index contributed by atoms with van der Waals surface area (Å²) < 4.78 is 1.52. The molecule has 1 aromatic rings. The number of halogens is 1. The number of nitro groups is 1. The summed E-state index contributed by atoms with van der Waals surface area (Å²) in [4.78, 5) is 9.98. The molecule has 5 nitrogen and oxygen atoms in total. The summed E-state index contributed by atoms with van der Waals surface area (Å²) >= 11 is 9.95. The Morgan fingerprint density at radius 1 is 1.69 bits per heavy atom. The fourth-order valence-electron chi connectivity index (χ4n) is 1.32. The van der Waals surface area contributed by atoms with Crippen molar-refractivity contribution in [2.24, 2.45) is 11.8 Å². The summed E-state index contributed by atoms with van der Waals surface area (Å²) in [5, 5.41) is 14.5. The van der Waals surface area contributed by atoms with Crippen LogP contribution in [0, 0.1) is 22.0 Å². The van der Waals surface area contributed by atoms with Crippen molar-refractivity contribution >= 4 is 30.0 Å². The molecular weight excluding hydrogens is 250 g/mol. The number of hydrogen-bond donors (Lipinski definition) is 1. The lowest BCUT2D eigenvalue weighted by Crippen LogP contribution is -2.18. The zero-order chi connectivity index (χ0) is 12.3. The van der Waals surface area contributed by atoms with Crippen LogP contribution in [0.2, 0.25) is 5.02 Å². The second-order valence-electron chi connectivity index (χ2n) is 3.97. The van der Waals surface area contributed by atoms with Gasteiger partial charge in [0.1, 0.15) is 0 Å². The highest BCUT2D eigenvalue weighted by Gasteiger charge is 2.21. The molecule has 0 saturated carbocycles. The van der Waals surface area contributed by atoms with E-state index in [1.807, 2.05) is 0 Å². The Hall–Kier alpha value is -0.750. The maximum absolute atomic E-state index is 10.6. The monoisotopic (exact) mass is 263 g/mol. The number of rotatable bonds is 5. The molecule has 90 valence electrons. The van der Waals surface area contributed by atoms with Gasteiger partial charge in [0.25, 0.3) is 0 Å². The highest BCUT2D eigenvalue weighted by Crippen LogP contribution is 2.23. The molecule has 1 rings (SSSR count). The topological polar surface area (TPSA) is 61.0 Å². The van der Waals surface area contributed by atoms with Gasteiger partial charge in [-0.05, 0) is 22.5 Å². The Morgan fingerprint density at radius 3 is 2.69 bits per heavy atom. The van der Waals surface area contributed by atoms with Crippen molar-refractivity contribution < 1.29 is 4.92 Å². The van der Waals surface area contributed by atoms with Gasteiger partial charge in [0.05, 0.1) is 17.8 Å². The predicted octanol–water partition coefficient (Wildman–Crippen LogP) is 2.65. The first-order valence-corrected chi connectivity index (χ1v) is 5.95. The van der Waals surface area contributed by atoms with Crippen LogP contribution < -0.4 is 0 Å². The van der Waals surface area contributed by atoms with Gasteiger partial charge in [0.2, 0.25) is 0 Å². The minimum absolute atomic E-state index is 0.0756. The van der Waals surface area contributed by atoms with Gasteiger partial charge >= 0.3 is 5.82 Å². The maximum atomic E-state index is 10.6. The van der Waals surface area contributed by atoms with Crippen LogP contribution >= 0.6 is 24.2 Å². The molecule has 1 heterocycles. The third-order valence-corrected chi connectivity index (χ3v) is 3.21. The Labute approximate surface area is 104 Å². The summed E-state index contributed by atoms with van der Waals surface area (Å²) in [5.41, 5.74) is 0. The zero-order valence-corrected chi connectivity index (χ0v) is 10.8. The second-order valence-corrected chi connectivity index (χ2v) is 4.74. The second kappa shape index (κ2) is 5.54. The quantitative estimate of drug-likeness (QED) is 0.505. The van der Waals surface area contributed by atoms with Crippen molar-refractivity contribution in [3.05, 3.63) is 21.3 Å². The first kappa shape index (κ1) is 13.3. The maximum Gasteiger partial charge on any atom is 0.408 e. The van der Waals surface area contributed by atoms with Crippen molar-refractivity contribution in [2.75, 3.05) is 5.75 Å². The largest absolute Gasteiger partial charge is 0.408 e. The molecule has 0 aromatic carbocycles. The average molecular weight is 264 g/mol. The van der Waals surface area contributed by atoms with Crippen LogP contribution in [0.4, 0.5) is 5.82 Å². The van der Waals surface area contributed by atoms with Gasteiger partial charge in [0, 0.05) is 0 Å². The average Bonchev–Trinajstić information content (AvgIpc) is 2.55. The van der Waals surface area contributed by atoms with Crippen molar-refractivity contribution in [3.63, 3.8) is 0 Å². The Bertz CT molecular complexity index is 381. The molecule has 0 spiro atoms. The van der Waals surface area contributed by atoms with E-state index in [0.717, 1.165) is 0 Å². The normalized spacial score (nSPS) is 13.1.